The molecule has 1 N–H and O–H groups in total. The molecule has 186 valence electrons. The van der Waals surface area contributed by atoms with Crippen molar-refractivity contribution in [3.05, 3.63) is 54.1 Å². The van der Waals surface area contributed by atoms with Gasteiger partial charge in [-0.05, 0) is 61.7 Å². The van der Waals surface area contributed by atoms with Crippen LogP contribution in [0.3, 0.4) is 0 Å². The molecule has 1 heterocycles. The van der Waals surface area contributed by atoms with Gasteiger partial charge in [0.15, 0.2) is 0 Å². The van der Waals surface area contributed by atoms with E-state index in [0.29, 0.717) is 26.3 Å². The smallest absolute Gasteiger partial charge is 0.322 e. The number of hydrogen-bond acceptors (Lipinski definition) is 5. The molecule has 1 aliphatic rings. The minimum atomic E-state index is -0.101. The molecule has 1 saturated heterocycles. The van der Waals surface area contributed by atoms with Gasteiger partial charge >= 0.3 is 6.03 Å². The quantitative estimate of drug-likeness (QED) is 0.417. The van der Waals surface area contributed by atoms with Crippen LogP contribution in [-0.4, -0.2) is 68.4 Å². The van der Waals surface area contributed by atoms with Crippen LogP contribution in [0, 0.1) is 0 Å². The number of carbonyl (C=O) groups is 1. The molecule has 7 heteroatoms. The predicted octanol–water partition coefficient (Wildman–Crippen LogP) is 5.02. The summed E-state index contributed by atoms with van der Waals surface area (Å²) in [6.07, 6.45) is 3.04. The molecule has 34 heavy (non-hydrogen) atoms. The van der Waals surface area contributed by atoms with Gasteiger partial charge in [-0.3, -0.25) is 4.90 Å². The molecule has 0 spiro atoms. The number of rotatable bonds is 13. The Morgan fingerprint density at radius 1 is 0.971 bits per heavy atom. The van der Waals surface area contributed by atoms with Gasteiger partial charge in [-0.1, -0.05) is 25.5 Å². The van der Waals surface area contributed by atoms with Crippen LogP contribution >= 0.6 is 0 Å². The first-order valence-electron chi connectivity index (χ1n) is 12.5. The first-order chi connectivity index (χ1) is 16.7. The van der Waals surface area contributed by atoms with Crippen LogP contribution in [0.2, 0.25) is 0 Å². The number of amides is 2. The average molecular weight is 470 g/mol. The number of unbranched alkanes of at least 4 members (excludes halogenated alkanes) is 1. The molecule has 2 aromatic rings. The Hall–Kier alpha value is -2.77. The van der Waals surface area contributed by atoms with Crippen molar-refractivity contribution in [2.24, 2.45) is 0 Å². The molecule has 0 radical (unpaired) electrons. The number of anilines is 1. The van der Waals surface area contributed by atoms with E-state index >= 15 is 0 Å². The van der Waals surface area contributed by atoms with E-state index in [4.69, 9.17) is 14.2 Å². The highest BCUT2D eigenvalue weighted by atomic mass is 16.5. The Morgan fingerprint density at radius 3 is 2.32 bits per heavy atom. The number of hydrogen-bond donors (Lipinski definition) is 1. The summed E-state index contributed by atoms with van der Waals surface area (Å²) in [5.74, 6) is 1.67. The first kappa shape index (κ1) is 25.8. The van der Waals surface area contributed by atoms with Gasteiger partial charge < -0.3 is 24.4 Å². The molecule has 2 amide bonds. The largest absolute Gasteiger partial charge is 0.494 e. The fourth-order valence-corrected chi connectivity index (χ4v) is 3.81. The van der Waals surface area contributed by atoms with Crippen LogP contribution in [0.25, 0.3) is 0 Å². The van der Waals surface area contributed by atoms with Gasteiger partial charge in [0.2, 0.25) is 0 Å². The highest BCUT2D eigenvalue weighted by molar-refractivity contribution is 5.89. The SMILES string of the molecule is CCCCOc1ccc(NC(=O)N(CCCN2CCOCC2)Cc2ccc(OCC)cc2)cc1. The van der Waals surface area contributed by atoms with Crippen molar-refractivity contribution in [3.8, 4) is 11.5 Å². The normalized spacial score (nSPS) is 13.9. The molecular weight excluding hydrogens is 430 g/mol. The van der Waals surface area contributed by atoms with Crippen molar-refractivity contribution >= 4 is 11.7 Å². The van der Waals surface area contributed by atoms with E-state index in [-0.39, 0.29) is 6.03 Å². The second-order valence-corrected chi connectivity index (χ2v) is 8.46. The van der Waals surface area contributed by atoms with E-state index in [1.165, 1.54) is 0 Å². The Kier molecular flexibility index (Phi) is 11.0. The molecule has 0 aromatic heterocycles. The Balaban J connectivity index is 1.59. The molecule has 1 fully saturated rings. The third-order valence-corrected chi connectivity index (χ3v) is 5.77. The molecule has 0 unspecified atom stereocenters. The van der Waals surface area contributed by atoms with Gasteiger partial charge in [-0.15, -0.1) is 0 Å². The van der Waals surface area contributed by atoms with E-state index in [0.717, 1.165) is 74.9 Å². The fraction of sp³-hybridized carbons (Fsp3) is 0.519. The lowest BCUT2D eigenvalue weighted by molar-refractivity contribution is 0.0365. The van der Waals surface area contributed by atoms with Crippen LogP contribution in [0.5, 0.6) is 11.5 Å². The maximum atomic E-state index is 13.2. The maximum Gasteiger partial charge on any atom is 0.322 e. The third kappa shape index (κ3) is 8.88. The fourth-order valence-electron chi connectivity index (χ4n) is 3.81. The molecule has 2 aromatic carbocycles. The Labute approximate surface area is 204 Å². The summed E-state index contributed by atoms with van der Waals surface area (Å²) in [4.78, 5) is 17.5. The predicted molar refractivity (Wildman–Crippen MR) is 136 cm³/mol. The number of urea groups is 1. The van der Waals surface area contributed by atoms with Crippen LogP contribution in [0.4, 0.5) is 10.5 Å². The van der Waals surface area contributed by atoms with Gasteiger partial charge in [0.1, 0.15) is 11.5 Å². The number of nitrogens with one attached hydrogen (secondary N) is 1. The molecule has 0 saturated carbocycles. The summed E-state index contributed by atoms with van der Waals surface area (Å²) < 4.78 is 16.7. The number of nitrogens with zero attached hydrogens (tertiary/aromatic N) is 2. The summed E-state index contributed by atoms with van der Waals surface area (Å²) in [6, 6.07) is 15.5. The van der Waals surface area contributed by atoms with Crippen molar-refractivity contribution in [1.29, 1.82) is 0 Å². The van der Waals surface area contributed by atoms with Gasteiger partial charge in [-0.2, -0.15) is 0 Å². The highest BCUT2D eigenvalue weighted by Crippen LogP contribution is 2.18. The Morgan fingerprint density at radius 2 is 1.65 bits per heavy atom. The van der Waals surface area contributed by atoms with E-state index in [2.05, 4.69) is 17.1 Å². The molecular formula is C27H39N3O4. The van der Waals surface area contributed by atoms with Gasteiger partial charge in [0.25, 0.3) is 0 Å². The van der Waals surface area contributed by atoms with Gasteiger partial charge in [0.05, 0.1) is 26.4 Å². The average Bonchev–Trinajstić information content (AvgIpc) is 2.86. The molecule has 0 aliphatic carbocycles. The maximum absolute atomic E-state index is 13.2. The van der Waals surface area contributed by atoms with Crippen molar-refractivity contribution in [2.45, 2.75) is 39.7 Å². The van der Waals surface area contributed by atoms with Crippen LogP contribution in [0.15, 0.2) is 48.5 Å². The van der Waals surface area contributed by atoms with Crippen molar-refractivity contribution < 1.29 is 19.0 Å². The number of benzene rings is 2. The monoisotopic (exact) mass is 469 g/mol. The zero-order valence-corrected chi connectivity index (χ0v) is 20.6. The summed E-state index contributed by atoms with van der Waals surface area (Å²) in [5.41, 5.74) is 1.84. The number of carbonyl (C=O) groups excluding carboxylic acids is 1. The zero-order valence-electron chi connectivity index (χ0n) is 20.6. The van der Waals surface area contributed by atoms with Crippen LogP contribution < -0.4 is 14.8 Å². The van der Waals surface area contributed by atoms with Gasteiger partial charge in [0, 0.05) is 38.4 Å². The standard InChI is InChI=1S/C27H39N3O4/c1-3-5-19-34-26-13-9-24(10-14-26)28-27(31)30(16-6-15-29-17-20-32-21-18-29)22-23-7-11-25(12-8-23)33-4-2/h7-14H,3-6,15-22H2,1-2H3,(H,28,31). The lowest BCUT2D eigenvalue weighted by atomic mass is 10.2. The van der Waals surface area contributed by atoms with Crippen LogP contribution in [0.1, 0.15) is 38.7 Å². The first-order valence-corrected chi connectivity index (χ1v) is 12.5. The topological polar surface area (TPSA) is 63.3 Å². The summed E-state index contributed by atoms with van der Waals surface area (Å²) in [6.45, 7) is 11.1. The molecule has 0 bridgehead atoms. The van der Waals surface area contributed by atoms with E-state index in [1.807, 2.05) is 60.4 Å². The van der Waals surface area contributed by atoms with E-state index < -0.39 is 0 Å². The van der Waals surface area contributed by atoms with Gasteiger partial charge in [-0.25, -0.2) is 4.79 Å². The summed E-state index contributed by atoms with van der Waals surface area (Å²) in [7, 11) is 0. The number of morpholine rings is 1. The zero-order chi connectivity index (χ0) is 24.0. The highest BCUT2D eigenvalue weighted by Gasteiger charge is 2.16. The minimum Gasteiger partial charge on any atom is -0.494 e. The summed E-state index contributed by atoms with van der Waals surface area (Å²) >= 11 is 0. The van der Waals surface area contributed by atoms with E-state index in [9.17, 15) is 4.79 Å². The van der Waals surface area contributed by atoms with Crippen molar-refractivity contribution in [2.75, 3.05) is 57.9 Å². The van der Waals surface area contributed by atoms with Crippen molar-refractivity contribution in [1.82, 2.24) is 9.80 Å². The Bertz CT molecular complexity index is 836. The minimum absolute atomic E-state index is 0.101. The van der Waals surface area contributed by atoms with Crippen molar-refractivity contribution in [3.63, 3.8) is 0 Å². The molecule has 0 atom stereocenters. The lowest BCUT2D eigenvalue weighted by Gasteiger charge is -2.28. The molecule has 3 rings (SSSR count). The second kappa shape index (κ2) is 14.5. The van der Waals surface area contributed by atoms with E-state index in [1.54, 1.807) is 0 Å². The number of ether oxygens (including phenoxy) is 3. The summed E-state index contributed by atoms with van der Waals surface area (Å²) in [5, 5.41) is 3.05. The molecule has 7 nitrogen and oxygen atoms in total. The molecule has 1 aliphatic heterocycles. The lowest BCUT2D eigenvalue weighted by Crippen LogP contribution is -2.40. The third-order valence-electron chi connectivity index (χ3n) is 5.77. The second-order valence-electron chi connectivity index (χ2n) is 8.46. The van der Waals surface area contributed by atoms with Crippen LogP contribution in [-0.2, 0) is 11.3 Å².